The highest BCUT2D eigenvalue weighted by atomic mass is 35.5. The van der Waals surface area contributed by atoms with Crippen molar-refractivity contribution in [1.29, 1.82) is 0 Å². The van der Waals surface area contributed by atoms with Crippen LogP contribution in [0.2, 0.25) is 5.02 Å². The Morgan fingerprint density at radius 1 is 1.00 bits per heavy atom. The van der Waals surface area contributed by atoms with Crippen molar-refractivity contribution >= 4 is 45.8 Å². The molecule has 4 aromatic carbocycles. The van der Waals surface area contributed by atoms with Gasteiger partial charge in [-0.3, -0.25) is 9.36 Å². The number of carbonyl (C=O) groups is 1. The maximum atomic E-state index is 14.5. The molecule has 234 valence electrons. The number of carbonyl (C=O) groups excluding carboxylic acids is 1. The second-order valence-electron chi connectivity index (χ2n) is 10.8. The molecule has 1 aliphatic rings. The molecule has 7 nitrogen and oxygen atoms in total. The molecule has 0 fully saturated rings. The molecule has 1 aromatic heterocycles. The summed E-state index contributed by atoms with van der Waals surface area (Å²) in [6.45, 7) is 4.31. The zero-order valence-corrected chi connectivity index (χ0v) is 27.4. The highest BCUT2D eigenvalue weighted by molar-refractivity contribution is 7.07. The third-order valence-corrected chi connectivity index (χ3v) is 9.02. The first-order valence-electron chi connectivity index (χ1n) is 15.2. The molecule has 9 heteroatoms. The maximum absolute atomic E-state index is 14.5. The predicted molar refractivity (Wildman–Crippen MR) is 182 cm³/mol. The minimum absolute atomic E-state index is 0.192. The van der Waals surface area contributed by atoms with E-state index in [1.807, 2.05) is 97.9 Å². The summed E-state index contributed by atoms with van der Waals surface area (Å²) < 4.78 is 19.7. The molecule has 0 bridgehead atoms. The number of hydrogen-bond donors (Lipinski definition) is 0. The summed E-state index contributed by atoms with van der Waals surface area (Å²) in [7, 11) is 1.60. The summed E-state index contributed by atoms with van der Waals surface area (Å²) in [5.74, 6) is 0.695. The molecule has 0 N–H and O–H groups in total. The SMILES string of the molecule is CCCC1=C(C(=O)OCC)[C@@H](c2c(OC)ccc3ccccc23)n2c(s/c(=C\c3ccccc3OCc3cccc(Cl)c3)c2=O)=N1. The Kier molecular flexibility index (Phi) is 9.38. The lowest BCUT2D eigenvalue weighted by molar-refractivity contribution is -0.139. The first-order valence-corrected chi connectivity index (χ1v) is 16.4. The zero-order chi connectivity index (χ0) is 32.2. The fraction of sp³-hybridized carbons (Fsp3) is 0.216. The lowest BCUT2D eigenvalue weighted by atomic mass is 9.90. The molecular formula is C37H33ClN2O5S. The average molecular weight is 653 g/mol. The lowest BCUT2D eigenvalue weighted by Gasteiger charge is -2.28. The Morgan fingerprint density at radius 2 is 1.80 bits per heavy atom. The summed E-state index contributed by atoms with van der Waals surface area (Å²) in [5, 5.41) is 2.47. The first kappa shape index (κ1) is 31.3. The van der Waals surface area contributed by atoms with Gasteiger partial charge in [-0.1, -0.05) is 96.9 Å². The third kappa shape index (κ3) is 6.10. The van der Waals surface area contributed by atoms with Crippen molar-refractivity contribution < 1.29 is 19.0 Å². The fourth-order valence-corrected chi connectivity index (χ4v) is 7.01. The van der Waals surface area contributed by atoms with E-state index in [2.05, 4.69) is 0 Å². The monoisotopic (exact) mass is 652 g/mol. The number of para-hydroxylation sites is 1. The Hall–Kier alpha value is -4.66. The summed E-state index contributed by atoms with van der Waals surface area (Å²) in [5.41, 5.74) is 3.07. The van der Waals surface area contributed by atoms with Crippen LogP contribution in [0.1, 0.15) is 49.4 Å². The highest BCUT2D eigenvalue weighted by Gasteiger charge is 2.37. The van der Waals surface area contributed by atoms with E-state index in [4.69, 9.17) is 30.8 Å². The number of rotatable bonds is 10. The molecule has 2 heterocycles. The number of esters is 1. The van der Waals surface area contributed by atoms with Crippen LogP contribution >= 0.6 is 22.9 Å². The molecular weight excluding hydrogens is 620 g/mol. The fourth-order valence-electron chi connectivity index (χ4n) is 5.79. The summed E-state index contributed by atoms with van der Waals surface area (Å²) in [4.78, 5) is 33.6. The zero-order valence-electron chi connectivity index (χ0n) is 25.8. The molecule has 1 atom stereocenters. The lowest BCUT2D eigenvalue weighted by Crippen LogP contribution is -2.40. The Morgan fingerprint density at radius 3 is 2.59 bits per heavy atom. The minimum atomic E-state index is -0.811. The average Bonchev–Trinajstić information content (AvgIpc) is 3.37. The van der Waals surface area contributed by atoms with Crippen molar-refractivity contribution in [2.45, 2.75) is 39.3 Å². The second-order valence-corrected chi connectivity index (χ2v) is 12.2. The van der Waals surface area contributed by atoms with Gasteiger partial charge in [0.2, 0.25) is 0 Å². The van der Waals surface area contributed by atoms with Gasteiger partial charge in [-0.05, 0) is 60.0 Å². The smallest absolute Gasteiger partial charge is 0.338 e. The summed E-state index contributed by atoms with van der Waals surface area (Å²) in [6, 6.07) is 26.0. The Bertz CT molecular complexity index is 2150. The molecule has 1 aliphatic heterocycles. The van der Waals surface area contributed by atoms with Gasteiger partial charge in [-0.2, -0.15) is 0 Å². The van der Waals surface area contributed by atoms with Gasteiger partial charge in [0.1, 0.15) is 24.1 Å². The van der Waals surface area contributed by atoms with Crippen molar-refractivity contribution in [3.63, 3.8) is 0 Å². The minimum Gasteiger partial charge on any atom is -0.496 e. The van der Waals surface area contributed by atoms with Crippen LogP contribution in [0.25, 0.3) is 16.8 Å². The van der Waals surface area contributed by atoms with E-state index in [1.165, 1.54) is 11.3 Å². The topological polar surface area (TPSA) is 79.1 Å². The van der Waals surface area contributed by atoms with Gasteiger partial charge in [0.25, 0.3) is 5.56 Å². The van der Waals surface area contributed by atoms with Gasteiger partial charge in [-0.25, -0.2) is 9.79 Å². The van der Waals surface area contributed by atoms with E-state index < -0.39 is 12.0 Å². The number of halogens is 1. The molecule has 0 radical (unpaired) electrons. The van der Waals surface area contributed by atoms with Crippen molar-refractivity contribution in [1.82, 2.24) is 4.57 Å². The molecule has 0 saturated carbocycles. The number of benzene rings is 4. The molecule has 5 aromatic rings. The summed E-state index contributed by atoms with van der Waals surface area (Å²) in [6.07, 6.45) is 3.12. The van der Waals surface area contributed by atoms with Gasteiger partial charge in [-0.15, -0.1) is 0 Å². The van der Waals surface area contributed by atoms with Crippen molar-refractivity contribution in [3.05, 3.63) is 138 Å². The molecule has 46 heavy (non-hydrogen) atoms. The number of fused-ring (bicyclic) bond motifs is 2. The van der Waals surface area contributed by atoms with E-state index in [1.54, 1.807) is 18.6 Å². The second kappa shape index (κ2) is 13.8. The first-order chi connectivity index (χ1) is 22.4. The number of aromatic nitrogens is 1. The van der Waals surface area contributed by atoms with E-state index >= 15 is 0 Å². The quantitative estimate of drug-likeness (QED) is 0.152. The Labute approximate surface area is 275 Å². The van der Waals surface area contributed by atoms with Gasteiger partial charge in [0.15, 0.2) is 4.80 Å². The van der Waals surface area contributed by atoms with E-state index in [0.29, 0.717) is 55.7 Å². The molecule has 0 saturated heterocycles. The van der Waals surface area contributed by atoms with E-state index in [-0.39, 0.29) is 12.2 Å². The van der Waals surface area contributed by atoms with Crippen molar-refractivity contribution in [3.8, 4) is 11.5 Å². The van der Waals surface area contributed by atoms with Crippen LogP contribution in [0.4, 0.5) is 0 Å². The Balaban J connectivity index is 1.56. The van der Waals surface area contributed by atoms with Crippen LogP contribution in [-0.4, -0.2) is 24.3 Å². The van der Waals surface area contributed by atoms with E-state index in [0.717, 1.165) is 28.3 Å². The van der Waals surface area contributed by atoms with Gasteiger partial charge < -0.3 is 14.2 Å². The number of ether oxygens (including phenoxy) is 3. The molecule has 0 unspecified atom stereocenters. The number of hydrogen-bond acceptors (Lipinski definition) is 7. The van der Waals surface area contributed by atoms with Crippen LogP contribution in [0.15, 0.2) is 106 Å². The maximum Gasteiger partial charge on any atom is 0.338 e. The van der Waals surface area contributed by atoms with Crippen LogP contribution in [-0.2, 0) is 16.1 Å². The number of allylic oxidation sites excluding steroid dienone is 1. The number of thiazole rings is 1. The highest BCUT2D eigenvalue weighted by Crippen LogP contribution is 2.41. The van der Waals surface area contributed by atoms with Crippen LogP contribution < -0.4 is 24.4 Å². The molecule has 6 rings (SSSR count). The molecule has 0 amide bonds. The normalized spacial score (nSPS) is 14.6. The van der Waals surface area contributed by atoms with Gasteiger partial charge >= 0.3 is 5.97 Å². The van der Waals surface area contributed by atoms with Crippen LogP contribution in [0, 0.1) is 0 Å². The predicted octanol–water partition coefficient (Wildman–Crippen LogP) is 6.97. The standard InChI is InChI=1S/C37H33ClN2O5S/c1-4-11-28-33(36(42)44-5-2)34(32-27-16-8-6-13-24(27)18-19-30(32)43-3)40-35(41)31(46-37(40)39-28)21-25-14-7-9-17-29(25)45-22-23-12-10-15-26(38)20-23/h6-10,12-21,34H,4-5,11,22H2,1-3H3/b31-21-/t34-/m1/s1. The summed E-state index contributed by atoms with van der Waals surface area (Å²) >= 11 is 7.45. The van der Waals surface area contributed by atoms with Crippen LogP contribution in [0.3, 0.4) is 0 Å². The molecule has 0 spiro atoms. The number of nitrogens with zero attached hydrogens (tertiary/aromatic N) is 2. The van der Waals surface area contributed by atoms with Crippen LogP contribution in [0.5, 0.6) is 11.5 Å². The largest absolute Gasteiger partial charge is 0.496 e. The van der Waals surface area contributed by atoms with Crippen molar-refractivity contribution in [2.75, 3.05) is 13.7 Å². The number of methoxy groups -OCH3 is 1. The van der Waals surface area contributed by atoms with Crippen molar-refractivity contribution in [2.24, 2.45) is 4.99 Å². The van der Waals surface area contributed by atoms with Gasteiger partial charge in [0, 0.05) is 16.1 Å². The third-order valence-electron chi connectivity index (χ3n) is 7.81. The van der Waals surface area contributed by atoms with Gasteiger partial charge in [0.05, 0.1) is 29.5 Å². The van der Waals surface area contributed by atoms with E-state index in [9.17, 15) is 9.59 Å². The molecule has 0 aliphatic carbocycles.